The Labute approximate surface area is 108 Å². The highest BCUT2D eigenvalue weighted by Gasteiger charge is 2.08. The van der Waals surface area contributed by atoms with Crippen molar-refractivity contribution in [3.05, 3.63) is 46.7 Å². The van der Waals surface area contributed by atoms with Crippen molar-refractivity contribution in [1.29, 1.82) is 0 Å². The van der Waals surface area contributed by atoms with Gasteiger partial charge in [0.25, 0.3) is 0 Å². The van der Waals surface area contributed by atoms with E-state index in [0.29, 0.717) is 16.3 Å². The van der Waals surface area contributed by atoms with Crippen molar-refractivity contribution in [3.63, 3.8) is 0 Å². The van der Waals surface area contributed by atoms with Crippen LogP contribution in [0.4, 0.5) is 0 Å². The standard InChI is InChI=1S/C12H9ClN2O3/c1-7-4-8(11(16)17)2-3-10(7)18-12-14-5-9(13)6-15-12/h2-6H,1H3,(H,16,17). The van der Waals surface area contributed by atoms with Crippen LogP contribution < -0.4 is 4.74 Å². The van der Waals surface area contributed by atoms with Gasteiger partial charge in [0.2, 0.25) is 0 Å². The maximum Gasteiger partial charge on any atom is 0.335 e. The first kappa shape index (κ1) is 12.3. The van der Waals surface area contributed by atoms with Crippen molar-refractivity contribution in [2.75, 3.05) is 0 Å². The van der Waals surface area contributed by atoms with Crippen LogP contribution in [0.25, 0.3) is 0 Å². The van der Waals surface area contributed by atoms with Gasteiger partial charge < -0.3 is 9.84 Å². The summed E-state index contributed by atoms with van der Waals surface area (Å²) in [6, 6.07) is 4.70. The molecule has 6 heteroatoms. The van der Waals surface area contributed by atoms with Crippen molar-refractivity contribution in [2.45, 2.75) is 6.92 Å². The third kappa shape index (κ3) is 2.75. The van der Waals surface area contributed by atoms with Crippen LogP contribution in [0.2, 0.25) is 5.02 Å². The van der Waals surface area contributed by atoms with Crippen LogP contribution in [0.15, 0.2) is 30.6 Å². The maximum absolute atomic E-state index is 10.8. The molecule has 0 fully saturated rings. The van der Waals surface area contributed by atoms with E-state index in [-0.39, 0.29) is 11.6 Å². The number of aryl methyl sites for hydroxylation is 1. The van der Waals surface area contributed by atoms with Gasteiger partial charge in [-0.25, -0.2) is 14.8 Å². The fraction of sp³-hybridized carbons (Fsp3) is 0.0833. The van der Waals surface area contributed by atoms with Crippen LogP contribution in [-0.4, -0.2) is 21.0 Å². The molecule has 0 atom stereocenters. The molecule has 1 heterocycles. The monoisotopic (exact) mass is 264 g/mol. The van der Waals surface area contributed by atoms with E-state index in [4.69, 9.17) is 21.4 Å². The van der Waals surface area contributed by atoms with Gasteiger partial charge >= 0.3 is 12.0 Å². The lowest BCUT2D eigenvalue weighted by Crippen LogP contribution is -1.98. The predicted octanol–water partition coefficient (Wildman–Crippen LogP) is 2.93. The van der Waals surface area contributed by atoms with Gasteiger partial charge in [-0.1, -0.05) is 11.6 Å². The van der Waals surface area contributed by atoms with Crippen LogP contribution >= 0.6 is 11.6 Å². The first-order chi connectivity index (χ1) is 8.56. The highest BCUT2D eigenvalue weighted by atomic mass is 35.5. The number of aromatic carboxylic acids is 1. The van der Waals surface area contributed by atoms with Crippen molar-refractivity contribution >= 4 is 17.6 Å². The molecule has 1 N–H and O–H groups in total. The largest absolute Gasteiger partial charge is 0.478 e. The van der Waals surface area contributed by atoms with E-state index < -0.39 is 5.97 Å². The number of aromatic nitrogens is 2. The van der Waals surface area contributed by atoms with E-state index in [9.17, 15) is 4.79 Å². The van der Waals surface area contributed by atoms with Gasteiger partial charge in [0.15, 0.2) is 0 Å². The highest BCUT2D eigenvalue weighted by molar-refractivity contribution is 6.30. The van der Waals surface area contributed by atoms with Gasteiger partial charge in [-0.3, -0.25) is 0 Å². The van der Waals surface area contributed by atoms with E-state index in [0.717, 1.165) is 0 Å². The molecule has 0 amide bonds. The first-order valence-corrected chi connectivity index (χ1v) is 5.43. The Morgan fingerprint density at radius 1 is 1.33 bits per heavy atom. The number of halogens is 1. The van der Waals surface area contributed by atoms with Crippen molar-refractivity contribution in [1.82, 2.24) is 9.97 Å². The minimum Gasteiger partial charge on any atom is -0.478 e. The van der Waals surface area contributed by atoms with Gasteiger partial charge in [-0.2, -0.15) is 0 Å². The SMILES string of the molecule is Cc1cc(C(=O)O)ccc1Oc1ncc(Cl)cn1. The van der Waals surface area contributed by atoms with Crippen molar-refractivity contribution in [3.8, 4) is 11.8 Å². The maximum atomic E-state index is 10.8. The smallest absolute Gasteiger partial charge is 0.335 e. The van der Waals surface area contributed by atoms with Crippen LogP contribution in [0.5, 0.6) is 11.8 Å². The number of ether oxygens (including phenoxy) is 1. The molecular formula is C12H9ClN2O3. The first-order valence-electron chi connectivity index (χ1n) is 5.05. The summed E-state index contributed by atoms with van der Waals surface area (Å²) < 4.78 is 5.43. The molecule has 0 aliphatic rings. The zero-order chi connectivity index (χ0) is 13.1. The second kappa shape index (κ2) is 5.01. The lowest BCUT2D eigenvalue weighted by molar-refractivity contribution is 0.0697. The van der Waals surface area contributed by atoms with E-state index in [1.165, 1.54) is 24.5 Å². The number of hydrogen-bond acceptors (Lipinski definition) is 4. The molecule has 5 nitrogen and oxygen atoms in total. The Morgan fingerprint density at radius 3 is 2.56 bits per heavy atom. The summed E-state index contributed by atoms with van der Waals surface area (Å²) in [4.78, 5) is 18.6. The predicted molar refractivity (Wildman–Crippen MR) is 65.3 cm³/mol. The number of nitrogens with zero attached hydrogens (tertiary/aromatic N) is 2. The molecule has 0 saturated heterocycles. The molecule has 0 bridgehead atoms. The number of benzene rings is 1. The summed E-state index contributed by atoms with van der Waals surface area (Å²) in [5.41, 5.74) is 0.894. The second-order valence-corrected chi connectivity index (χ2v) is 4.01. The Kier molecular flexibility index (Phi) is 3.43. The molecule has 0 radical (unpaired) electrons. The third-order valence-electron chi connectivity index (χ3n) is 2.22. The lowest BCUT2D eigenvalue weighted by atomic mass is 10.1. The fourth-order valence-corrected chi connectivity index (χ4v) is 1.45. The normalized spacial score (nSPS) is 10.1. The molecule has 2 aromatic rings. The molecule has 0 aliphatic heterocycles. The molecule has 0 aliphatic carbocycles. The Bertz CT molecular complexity index is 584. The number of carbonyl (C=O) groups is 1. The van der Waals surface area contributed by atoms with Crippen LogP contribution in [0.3, 0.4) is 0 Å². The van der Waals surface area contributed by atoms with Gasteiger partial charge in [-0.05, 0) is 30.7 Å². The average Bonchev–Trinajstić information content (AvgIpc) is 2.34. The van der Waals surface area contributed by atoms with E-state index in [1.54, 1.807) is 13.0 Å². The summed E-state index contributed by atoms with van der Waals surface area (Å²) in [5, 5.41) is 9.26. The molecule has 0 spiro atoms. The molecular weight excluding hydrogens is 256 g/mol. The zero-order valence-electron chi connectivity index (χ0n) is 9.42. The zero-order valence-corrected chi connectivity index (χ0v) is 10.2. The summed E-state index contributed by atoms with van der Waals surface area (Å²) in [6.07, 6.45) is 2.84. The Hall–Kier alpha value is -2.14. The summed E-state index contributed by atoms with van der Waals surface area (Å²) >= 11 is 5.66. The van der Waals surface area contributed by atoms with Gasteiger partial charge in [0.05, 0.1) is 23.0 Å². The lowest BCUT2D eigenvalue weighted by Gasteiger charge is -2.07. The summed E-state index contributed by atoms with van der Waals surface area (Å²) in [6.45, 7) is 1.75. The molecule has 18 heavy (non-hydrogen) atoms. The Balaban J connectivity index is 2.24. The number of rotatable bonds is 3. The number of carboxylic acid groups (broad SMARTS) is 1. The minimum absolute atomic E-state index is 0.158. The van der Waals surface area contributed by atoms with Crippen molar-refractivity contribution < 1.29 is 14.6 Å². The molecule has 92 valence electrons. The summed E-state index contributed by atoms with van der Waals surface area (Å²) in [5.74, 6) is -0.477. The number of carboxylic acids is 1. The summed E-state index contributed by atoms with van der Waals surface area (Å²) in [7, 11) is 0. The van der Waals surface area contributed by atoms with E-state index in [1.807, 2.05) is 0 Å². The molecule has 2 rings (SSSR count). The topological polar surface area (TPSA) is 72.3 Å². The second-order valence-electron chi connectivity index (χ2n) is 3.57. The van der Waals surface area contributed by atoms with Crippen LogP contribution in [-0.2, 0) is 0 Å². The third-order valence-corrected chi connectivity index (χ3v) is 2.41. The average molecular weight is 265 g/mol. The van der Waals surface area contributed by atoms with Crippen molar-refractivity contribution in [2.24, 2.45) is 0 Å². The minimum atomic E-state index is -0.979. The number of hydrogen-bond donors (Lipinski definition) is 1. The highest BCUT2D eigenvalue weighted by Crippen LogP contribution is 2.23. The quantitative estimate of drug-likeness (QED) is 0.923. The van der Waals surface area contributed by atoms with Gasteiger partial charge in [0, 0.05) is 0 Å². The van der Waals surface area contributed by atoms with Gasteiger partial charge in [0.1, 0.15) is 5.75 Å². The molecule has 1 aromatic heterocycles. The van der Waals surface area contributed by atoms with E-state index >= 15 is 0 Å². The molecule has 0 saturated carbocycles. The van der Waals surface area contributed by atoms with Crippen LogP contribution in [0, 0.1) is 6.92 Å². The Morgan fingerprint density at radius 2 is 2.00 bits per heavy atom. The van der Waals surface area contributed by atoms with Gasteiger partial charge in [-0.15, -0.1) is 0 Å². The fourth-order valence-electron chi connectivity index (χ4n) is 1.35. The van der Waals surface area contributed by atoms with E-state index in [2.05, 4.69) is 9.97 Å². The molecule has 0 unspecified atom stereocenters. The molecule has 1 aromatic carbocycles. The van der Waals surface area contributed by atoms with Crippen LogP contribution in [0.1, 0.15) is 15.9 Å².